The first-order valence-corrected chi connectivity index (χ1v) is 10.4. The van der Waals surface area contributed by atoms with Crippen LogP contribution in [0.3, 0.4) is 0 Å². The average molecular weight is 410 g/mol. The number of rotatable bonds is 5. The fourth-order valence-electron chi connectivity index (χ4n) is 3.52. The molecule has 1 aliphatic rings. The molecule has 0 aliphatic carbocycles. The Morgan fingerprint density at radius 3 is 2.79 bits per heavy atom. The molecule has 0 spiro atoms. The molecule has 3 aromatic rings. The van der Waals surface area contributed by atoms with Gasteiger partial charge >= 0.3 is 0 Å². The van der Waals surface area contributed by atoms with Crippen molar-refractivity contribution in [3.8, 4) is 11.4 Å². The fraction of sp³-hybridized carbons (Fsp3) is 0.333. The third-order valence-corrected chi connectivity index (χ3v) is 6.10. The SMILES string of the molecule is COc1ccc(C)cc1-n1nnnc1S[C@H](C)C(=O)N1CCc2ccccc2C1. The van der Waals surface area contributed by atoms with E-state index >= 15 is 0 Å². The minimum absolute atomic E-state index is 0.0928. The summed E-state index contributed by atoms with van der Waals surface area (Å²) in [5, 5.41) is 12.3. The van der Waals surface area contributed by atoms with Crippen LogP contribution in [0, 0.1) is 6.92 Å². The molecule has 4 rings (SSSR count). The standard InChI is InChI=1S/C21H23N5O2S/c1-14-8-9-19(28-3)18(12-14)26-21(22-23-24-26)29-15(2)20(27)25-11-10-16-6-4-5-7-17(16)13-25/h4-9,12,15H,10-11,13H2,1-3H3/t15-/m1/s1. The molecule has 0 unspecified atom stereocenters. The molecular weight excluding hydrogens is 386 g/mol. The highest BCUT2D eigenvalue weighted by atomic mass is 32.2. The van der Waals surface area contributed by atoms with Gasteiger partial charge in [0.05, 0.1) is 12.4 Å². The summed E-state index contributed by atoms with van der Waals surface area (Å²) in [6.07, 6.45) is 0.886. The topological polar surface area (TPSA) is 73.1 Å². The molecule has 1 atom stereocenters. The van der Waals surface area contributed by atoms with E-state index in [0.717, 1.165) is 24.2 Å². The van der Waals surface area contributed by atoms with Crippen molar-refractivity contribution in [3.05, 3.63) is 59.2 Å². The number of hydrogen-bond donors (Lipinski definition) is 0. The Balaban J connectivity index is 1.52. The van der Waals surface area contributed by atoms with Crippen molar-refractivity contribution in [1.29, 1.82) is 0 Å². The molecular formula is C21H23N5O2S. The van der Waals surface area contributed by atoms with E-state index in [1.54, 1.807) is 11.8 Å². The maximum atomic E-state index is 13.1. The number of amides is 1. The number of methoxy groups -OCH3 is 1. The maximum Gasteiger partial charge on any atom is 0.236 e. The van der Waals surface area contributed by atoms with Gasteiger partial charge in [0.1, 0.15) is 11.4 Å². The van der Waals surface area contributed by atoms with Crippen LogP contribution in [0.2, 0.25) is 0 Å². The van der Waals surface area contributed by atoms with Crippen LogP contribution < -0.4 is 4.74 Å². The largest absolute Gasteiger partial charge is 0.494 e. The van der Waals surface area contributed by atoms with Crippen LogP contribution in [-0.2, 0) is 17.8 Å². The highest BCUT2D eigenvalue weighted by molar-refractivity contribution is 8.00. The monoisotopic (exact) mass is 409 g/mol. The summed E-state index contributed by atoms with van der Waals surface area (Å²) in [7, 11) is 1.62. The molecule has 0 saturated heterocycles. The van der Waals surface area contributed by atoms with E-state index in [1.807, 2.05) is 49.1 Å². The summed E-state index contributed by atoms with van der Waals surface area (Å²) in [6.45, 7) is 5.29. The predicted molar refractivity (Wildman–Crippen MR) is 111 cm³/mol. The Bertz CT molecular complexity index is 1040. The zero-order valence-electron chi connectivity index (χ0n) is 16.7. The van der Waals surface area contributed by atoms with E-state index in [1.165, 1.54) is 22.9 Å². The van der Waals surface area contributed by atoms with Gasteiger partial charge in [-0.15, -0.1) is 5.10 Å². The van der Waals surface area contributed by atoms with Crippen molar-refractivity contribution < 1.29 is 9.53 Å². The minimum Gasteiger partial charge on any atom is -0.494 e. The highest BCUT2D eigenvalue weighted by Crippen LogP contribution is 2.30. The molecule has 0 radical (unpaired) electrons. The molecule has 2 heterocycles. The van der Waals surface area contributed by atoms with Crippen molar-refractivity contribution in [2.24, 2.45) is 0 Å². The molecule has 1 aliphatic heterocycles. The van der Waals surface area contributed by atoms with Crippen LogP contribution in [0.4, 0.5) is 0 Å². The maximum absolute atomic E-state index is 13.1. The normalized spacial score (nSPS) is 14.4. The van der Waals surface area contributed by atoms with Gasteiger partial charge in [0, 0.05) is 13.1 Å². The van der Waals surface area contributed by atoms with Crippen molar-refractivity contribution in [3.63, 3.8) is 0 Å². The van der Waals surface area contributed by atoms with E-state index in [2.05, 4.69) is 27.7 Å². The Hall–Kier alpha value is -2.87. The quantitative estimate of drug-likeness (QED) is 0.603. The number of ether oxygens (including phenoxy) is 1. The predicted octanol–water partition coefficient (Wildman–Crippen LogP) is 3.04. The van der Waals surface area contributed by atoms with Crippen molar-refractivity contribution in [2.75, 3.05) is 13.7 Å². The Kier molecular flexibility index (Phi) is 5.53. The second-order valence-electron chi connectivity index (χ2n) is 7.09. The summed E-state index contributed by atoms with van der Waals surface area (Å²) in [5.74, 6) is 0.770. The highest BCUT2D eigenvalue weighted by Gasteiger charge is 2.27. The molecule has 0 fully saturated rings. The second-order valence-corrected chi connectivity index (χ2v) is 8.40. The number of carbonyl (C=O) groups is 1. The number of aryl methyl sites for hydroxylation is 1. The van der Waals surface area contributed by atoms with Gasteiger partial charge in [0.2, 0.25) is 11.1 Å². The summed E-state index contributed by atoms with van der Waals surface area (Å²) in [6, 6.07) is 14.1. The molecule has 0 bridgehead atoms. The Labute approximate surface area is 174 Å². The van der Waals surface area contributed by atoms with Crippen LogP contribution >= 0.6 is 11.8 Å². The van der Waals surface area contributed by atoms with Crippen molar-refractivity contribution in [1.82, 2.24) is 25.1 Å². The molecule has 0 saturated carbocycles. The number of nitrogens with zero attached hydrogens (tertiary/aromatic N) is 5. The van der Waals surface area contributed by atoms with E-state index in [4.69, 9.17) is 4.74 Å². The molecule has 1 amide bonds. The zero-order chi connectivity index (χ0) is 20.4. The number of aromatic nitrogens is 4. The minimum atomic E-state index is -0.305. The van der Waals surface area contributed by atoms with Gasteiger partial charge in [0.25, 0.3) is 0 Å². The van der Waals surface area contributed by atoms with E-state index in [0.29, 0.717) is 17.5 Å². The third kappa shape index (κ3) is 3.98. The van der Waals surface area contributed by atoms with Gasteiger partial charge in [-0.1, -0.05) is 42.1 Å². The second kappa shape index (κ2) is 8.24. The average Bonchev–Trinajstić information content (AvgIpc) is 3.20. The fourth-order valence-corrected chi connectivity index (χ4v) is 4.40. The summed E-state index contributed by atoms with van der Waals surface area (Å²) in [4.78, 5) is 15.0. The first-order valence-electron chi connectivity index (χ1n) is 9.52. The lowest BCUT2D eigenvalue weighted by molar-refractivity contribution is -0.131. The lowest BCUT2D eigenvalue weighted by Crippen LogP contribution is -2.40. The molecule has 7 nitrogen and oxygen atoms in total. The molecule has 2 aromatic carbocycles. The third-order valence-electron chi connectivity index (χ3n) is 5.08. The van der Waals surface area contributed by atoms with Gasteiger partial charge in [-0.3, -0.25) is 4.79 Å². The number of fused-ring (bicyclic) bond motifs is 1. The molecule has 1 aromatic heterocycles. The van der Waals surface area contributed by atoms with Gasteiger partial charge in [-0.05, 0) is 59.5 Å². The lowest BCUT2D eigenvalue weighted by Gasteiger charge is -2.30. The number of benzene rings is 2. The Morgan fingerprint density at radius 2 is 2.00 bits per heavy atom. The van der Waals surface area contributed by atoms with E-state index < -0.39 is 0 Å². The van der Waals surface area contributed by atoms with Gasteiger partial charge in [-0.2, -0.15) is 4.68 Å². The number of tetrazole rings is 1. The smallest absolute Gasteiger partial charge is 0.236 e. The molecule has 0 N–H and O–H groups in total. The van der Waals surface area contributed by atoms with Crippen LogP contribution in [0.25, 0.3) is 5.69 Å². The lowest BCUT2D eigenvalue weighted by atomic mass is 10.00. The summed E-state index contributed by atoms with van der Waals surface area (Å²) >= 11 is 1.36. The zero-order valence-corrected chi connectivity index (χ0v) is 17.5. The van der Waals surface area contributed by atoms with Gasteiger partial charge < -0.3 is 9.64 Å². The molecule has 8 heteroatoms. The summed E-state index contributed by atoms with van der Waals surface area (Å²) in [5.41, 5.74) is 4.38. The van der Waals surface area contributed by atoms with Crippen LogP contribution in [0.1, 0.15) is 23.6 Å². The first-order chi connectivity index (χ1) is 14.1. The van der Waals surface area contributed by atoms with E-state index in [-0.39, 0.29) is 11.2 Å². The van der Waals surface area contributed by atoms with Gasteiger partial charge in [0.15, 0.2) is 0 Å². The van der Waals surface area contributed by atoms with Crippen LogP contribution in [0.5, 0.6) is 5.75 Å². The van der Waals surface area contributed by atoms with Crippen LogP contribution in [0.15, 0.2) is 47.6 Å². The van der Waals surface area contributed by atoms with Gasteiger partial charge in [-0.25, -0.2) is 0 Å². The summed E-state index contributed by atoms with van der Waals surface area (Å²) < 4.78 is 7.09. The first kappa shape index (κ1) is 19.4. The van der Waals surface area contributed by atoms with Crippen molar-refractivity contribution >= 4 is 17.7 Å². The van der Waals surface area contributed by atoms with E-state index in [9.17, 15) is 4.79 Å². The number of thioether (sulfide) groups is 1. The number of carbonyl (C=O) groups excluding carboxylic acids is 1. The Morgan fingerprint density at radius 1 is 1.21 bits per heavy atom. The van der Waals surface area contributed by atoms with Crippen molar-refractivity contribution in [2.45, 2.75) is 37.2 Å². The number of hydrogen-bond acceptors (Lipinski definition) is 6. The molecule has 29 heavy (non-hydrogen) atoms. The molecule has 150 valence electrons. The van der Waals surface area contributed by atoms with Crippen LogP contribution in [-0.4, -0.2) is 49.9 Å².